The maximum absolute atomic E-state index is 17.5. The zero-order chi connectivity index (χ0) is 33.5. The van der Waals surface area contributed by atoms with Gasteiger partial charge in [0, 0.05) is 61.7 Å². The van der Waals surface area contributed by atoms with Crippen molar-refractivity contribution in [2.24, 2.45) is 5.41 Å². The number of aromatic hydroxyl groups is 1. The Hall–Kier alpha value is -3.87. The molecule has 7 aliphatic rings. The van der Waals surface area contributed by atoms with E-state index >= 15 is 4.39 Å². The molecular formula is C38H40F2N6O4. The first-order chi connectivity index (χ1) is 24.3. The fraction of sp³-hybridized carbons (Fsp3) is 0.553. The Morgan fingerprint density at radius 1 is 1.10 bits per heavy atom. The van der Waals surface area contributed by atoms with E-state index in [2.05, 4.69) is 21.2 Å². The van der Waals surface area contributed by atoms with Crippen molar-refractivity contribution in [2.45, 2.75) is 87.2 Å². The lowest BCUT2D eigenvalue weighted by atomic mass is 9.78. The van der Waals surface area contributed by atoms with Gasteiger partial charge in [-0.1, -0.05) is 18.2 Å². The van der Waals surface area contributed by atoms with Crippen molar-refractivity contribution >= 4 is 27.6 Å². The standard InChI is InChI=1S/C38H40F2N6O4/c39-22-12-38(15-37(17-49-18-37)16-44(38)13-22)19-50-36-42-32-31(40)30(26-11-24(47)10-21-2-1-3-25(29(21)26)20-4-5-20)35(48)45-9-8-28-27-7-6-23(41-27)14-46(28)34(43-36)33(32)45/h1-3,10-11,20,22-23,27-28,41,47H,4-9,12-19H2/t22-,23?,27?,28?,38-/m1/s1. The van der Waals surface area contributed by atoms with E-state index in [1.165, 1.54) is 6.07 Å². The second-order valence-electron chi connectivity index (χ2n) is 16.3. The summed E-state index contributed by atoms with van der Waals surface area (Å²) >= 11 is 0. The van der Waals surface area contributed by atoms with Crippen LogP contribution in [0.1, 0.15) is 56.4 Å². The summed E-state index contributed by atoms with van der Waals surface area (Å²) < 4.78 is 46.1. The normalized spacial score (nSPS) is 30.9. The van der Waals surface area contributed by atoms with Crippen LogP contribution in [0.5, 0.6) is 11.8 Å². The lowest BCUT2D eigenvalue weighted by molar-refractivity contribution is -0.108. The molecule has 12 heteroatoms. The fourth-order valence-corrected chi connectivity index (χ4v) is 10.7. The number of fused-ring (bicyclic) bond motifs is 7. The highest BCUT2D eigenvalue weighted by Crippen LogP contribution is 2.52. The molecule has 2 N–H and O–H groups in total. The molecule has 50 heavy (non-hydrogen) atoms. The van der Waals surface area contributed by atoms with Crippen molar-refractivity contribution in [2.75, 3.05) is 44.4 Å². The number of rotatable bonds is 5. The smallest absolute Gasteiger partial charge is 0.319 e. The highest BCUT2D eigenvalue weighted by atomic mass is 19.1. The maximum atomic E-state index is 17.5. The summed E-state index contributed by atoms with van der Waals surface area (Å²) in [6.07, 6.45) is 5.03. The topological polar surface area (TPSA) is 105 Å². The number of piperazine rings is 1. The third-order valence-electron chi connectivity index (χ3n) is 13.0. The lowest BCUT2D eigenvalue weighted by Crippen LogP contribution is -2.58. The highest BCUT2D eigenvalue weighted by molar-refractivity contribution is 6.02. The predicted octanol–water partition coefficient (Wildman–Crippen LogP) is 4.63. The number of hydrogen-bond donors (Lipinski definition) is 2. The summed E-state index contributed by atoms with van der Waals surface area (Å²) in [4.78, 5) is 28.9. The molecule has 5 saturated heterocycles. The molecule has 3 unspecified atom stereocenters. The van der Waals surface area contributed by atoms with Crippen molar-refractivity contribution < 1.29 is 23.4 Å². The van der Waals surface area contributed by atoms with E-state index in [9.17, 15) is 14.3 Å². The number of alkyl halides is 1. The number of nitrogens with one attached hydrogen (secondary N) is 1. The highest BCUT2D eigenvalue weighted by Gasteiger charge is 2.61. The minimum absolute atomic E-state index is 0.0192. The summed E-state index contributed by atoms with van der Waals surface area (Å²) in [7, 11) is 0. The van der Waals surface area contributed by atoms with Gasteiger partial charge in [-0.2, -0.15) is 9.97 Å². The molecule has 5 atom stereocenters. The van der Waals surface area contributed by atoms with Crippen molar-refractivity contribution in [1.82, 2.24) is 24.8 Å². The van der Waals surface area contributed by atoms with E-state index < -0.39 is 23.1 Å². The fourth-order valence-electron chi connectivity index (χ4n) is 10.7. The molecular weight excluding hydrogens is 642 g/mol. The van der Waals surface area contributed by atoms with Crippen LogP contribution in [0.4, 0.5) is 14.6 Å². The molecule has 11 rings (SSSR count). The SMILES string of the molecule is O=c1c(-c2cc(O)cc3cccc(C4CC4)c23)c(F)c2nc(OC[C@]34C[C@@H](F)CN3CC3(COC3)C4)nc3c2n1CCC1C2CCC(CN31)N2. The molecule has 260 valence electrons. The van der Waals surface area contributed by atoms with E-state index in [1.807, 2.05) is 12.1 Å². The molecule has 2 bridgehead atoms. The van der Waals surface area contributed by atoms with Crippen molar-refractivity contribution in [3.63, 3.8) is 0 Å². The first-order valence-corrected chi connectivity index (χ1v) is 18.3. The van der Waals surface area contributed by atoms with Crippen LogP contribution in [-0.4, -0.2) is 93.8 Å². The quantitative estimate of drug-likeness (QED) is 0.312. The number of phenols is 1. The third-order valence-corrected chi connectivity index (χ3v) is 13.0. The van der Waals surface area contributed by atoms with E-state index in [0.29, 0.717) is 68.5 Å². The average molecular weight is 683 g/mol. The number of pyridine rings is 1. The maximum Gasteiger partial charge on any atom is 0.319 e. The molecule has 10 nitrogen and oxygen atoms in total. The number of hydrogen-bond acceptors (Lipinski definition) is 9. The van der Waals surface area contributed by atoms with Gasteiger partial charge in [0.15, 0.2) is 11.6 Å². The molecule has 0 radical (unpaired) electrons. The Labute approximate surface area is 287 Å². The van der Waals surface area contributed by atoms with Gasteiger partial charge in [0.2, 0.25) is 0 Å². The zero-order valence-corrected chi connectivity index (χ0v) is 27.8. The van der Waals surface area contributed by atoms with Crippen LogP contribution in [0.3, 0.4) is 0 Å². The average Bonchev–Trinajstić information content (AvgIpc) is 3.73. The van der Waals surface area contributed by atoms with Gasteiger partial charge in [0.1, 0.15) is 29.6 Å². The number of ether oxygens (including phenoxy) is 2. The largest absolute Gasteiger partial charge is 0.508 e. The predicted molar refractivity (Wildman–Crippen MR) is 183 cm³/mol. The van der Waals surface area contributed by atoms with Crippen LogP contribution >= 0.6 is 0 Å². The zero-order valence-electron chi connectivity index (χ0n) is 27.8. The summed E-state index contributed by atoms with van der Waals surface area (Å²) in [6.45, 7) is 3.74. The molecule has 2 aromatic carbocycles. The number of anilines is 1. The number of aromatic nitrogens is 3. The molecule has 1 spiro atoms. The Morgan fingerprint density at radius 2 is 1.98 bits per heavy atom. The van der Waals surface area contributed by atoms with Crippen LogP contribution in [0, 0.1) is 11.2 Å². The van der Waals surface area contributed by atoms with Crippen LogP contribution in [0.2, 0.25) is 0 Å². The number of benzene rings is 2. The molecule has 8 heterocycles. The minimum Gasteiger partial charge on any atom is -0.508 e. The van der Waals surface area contributed by atoms with Gasteiger partial charge < -0.3 is 29.4 Å². The van der Waals surface area contributed by atoms with Gasteiger partial charge in [0.05, 0.1) is 24.3 Å². The molecule has 4 aromatic rings. The second-order valence-corrected chi connectivity index (χ2v) is 16.3. The van der Waals surface area contributed by atoms with E-state index in [-0.39, 0.29) is 53.0 Å². The van der Waals surface area contributed by atoms with Gasteiger partial charge in [-0.25, -0.2) is 8.78 Å². The van der Waals surface area contributed by atoms with Crippen molar-refractivity contribution in [1.29, 1.82) is 0 Å². The van der Waals surface area contributed by atoms with E-state index in [4.69, 9.17) is 19.4 Å². The summed E-state index contributed by atoms with van der Waals surface area (Å²) in [5.74, 6) is 0.0916. The van der Waals surface area contributed by atoms with E-state index in [0.717, 1.165) is 55.0 Å². The number of phenolic OH excluding ortho intramolecular Hbond substituents is 1. The van der Waals surface area contributed by atoms with E-state index in [1.54, 1.807) is 10.6 Å². The lowest BCUT2D eigenvalue weighted by Gasteiger charge is -2.41. The second kappa shape index (κ2) is 10.4. The Balaban J connectivity index is 1.10. The Morgan fingerprint density at radius 3 is 2.80 bits per heavy atom. The number of aryl methyl sites for hydroxylation is 1. The first-order valence-electron chi connectivity index (χ1n) is 18.3. The van der Waals surface area contributed by atoms with Crippen LogP contribution in [0.25, 0.3) is 32.9 Å². The van der Waals surface area contributed by atoms with Crippen LogP contribution in [0.15, 0.2) is 35.1 Å². The molecule has 1 saturated carbocycles. The Kier molecular flexibility index (Phi) is 6.18. The number of halogens is 2. The minimum atomic E-state index is -0.941. The van der Waals surface area contributed by atoms with Crippen LogP contribution in [-0.2, 0) is 11.3 Å². The molecule has 0 amide bonds. The van der Waals surface area contributed by atoms with Gasteiger partial charge in [-0.15, -0.1) is 0 Å². The number of nitrogens with zero attached hydrogens (tertiary/aromatic N) is 5. The van der Waals surface area contributed by atoms with Crippen molar-refractivity contribution in [3.05, 3.63) is 52.1 Å². The van der Waals surface area contributed by atoms with Crippen molar-refractivity contribution in [3.8, 4) is 22.9 Å². The van der Waals surface area contributed by atoms with Gasteiger partial charge in [-0.3, -0.25) is 9.69 Å². The summed E-state index contributed by atoms with van der Waals surface area (Å²) in [5.41, 5.74) is 0.842. The van der Waals surface area contributed by atoms with Gasteiger partial charge in [0.25, 0.3) is 5.56 Å². The molecule has 6 fully saturated rings. The summed E-state index contributed by atoms with van der Waals surface area (Å²) in [5, 5.41) is 16.2. The van der Waals surface area contributed by atoms with Gasteiger partial charge >= 0.3 is 6.01 Å². The molecule has 2 aromatic heterocycles. The third kappa shape index (κ3) is 4.24. The Bertz CT molecular complexity index is 2170. The molecule has 1 aliphatic carbocycles. The van der Waals surface area contributed by atoms with Crippen LogP contribution < -0.4 is 20.5 Å². The monoisotopic (exact) mass is 682 g/mol. The summed E-state index contributed by atoms with van der Waals surface area (Å²) in [6, 6.07) is 9.73. The van der Waals surface area contributed by atoms with Gasteiger partial charge in [-0.05, 0) is 72.9 Å². The molecule has 6 aliphatic heterocycles. The first kappa shape index (κ1) is 29.8.